The minimum atomic E-state index is -0.829. The zero-order valence-corrected chi connectivity index (χ0v) is 11.7. The van der Waals surface area contributed by atoms with Crippen LogP contribution in [0.1, 0.15) is 30.9 Å². The SMILES string of the molecule is CCN1C=C(c2ccc(F)c(C)c2)CC=C1CC(=O)O. The van der Waals surface area contributed by atoms with E-state index in [4.69, 9.17) is 5.11 Å². The van der Waals surface area contributed by atoms with Gasteiger partial charge in [0.25, 0.3) is 0 Å². The van der Waals surface area contributed by atoms with Crippen molar-refractivity contribution in [2.75, 3.05) is 6.54 Å². The number of halogens is 1. The molecule has 0 saturated carbocycles. The van der Waals surface area contributed by atoms with Crippen LogP contribution in [0.25, 0.3) is 5.57 Å². The van der Waals surface area contributed by atoms with Gasteiger partial charge in [-0.15, -0.1) is 0 Å². The average Bonchev–Trinajstić information content (AvgIpc) is 2.42. The van der Waals surface area contributed by atoms with Crippen LogP contribution >= 0.6 is 0 Å². The standard InChI is InChI=1S/C16H18FNO2/c1-3-18-10-13(4-6-14(18)9-16(19)20)12-5-7-15(17)11(2)8-12/h5-8,10H,3-4,9H2,1-2H3,(H,19,20). The monoisotopic (exact) mass is 275 g/mol. The number of aryl methyl sites for hydroxylation is 1. The highest BCUT2D eigenvalue weighted by Gasteiger charge is 2.16. The first-order chi connectivity index (χ1) is 9.51. The molecule has 1 N–H and O–H groups in total. The number of hydrogen-bond acceptors (Lipinski definition) is 2. The molecule has 20 heavy (non-hydrogen) atoms. The van der Waals surface area contributed by atoms with E-state index in [2.05, 4.69) is 0 Å². The van der Waals surface area contributed by atoms with Crippen molar-refractivity contribution in [2.45, 2.75) is 26.7 Å². The zero-order valence-electron chi connectivity index (χ0n) is 11.7. The molecule has 4 heteroatoms. The number of rotatable bonds is 4. The van der Waals surface area contributed by atoms with Gasteiger partial charge in [0.1, 0.15) is 5.82 Å². The van der Waals surface area contributed by atoms with Crippen LogP contribution in [-0.2, 0) is 4.79 Å². The number of benzene rings is 1. The molecule has 0 aromatic heterocycles. The Kier molecular flexibility index (Phi) is 4.23. The average molecular weight is 275 g/mol. The van der Waals surface area contributed by atoms with E-state index in [0.717, 1.165) is 16.8 Å². The lowest BCUT2D eigenvalue weighted by molar-refractivity contribution is -0.136. The third-order valence-corrected chi connectivity index (χ3v) is 3.44. The van der Waals surface area contributed by atoms with Gasteiger partial charge in [0, 0.05) is 18.4 Å². The van der Waals surface area contributed by atoms with E-state index in [0.29, 0.717) is 18.5 Å². The van der Waals surface area contributed by atoms with Gasteiger partial charge in [-0.05, 0) is 49.1 Å². The van der Waals surface area contributed by atoms with Crippen molar-refractivity contribution in [3.63, 3.8) is 0 Å². The van der Waals surface area contributed by atoms with E-state index < -0.39 is 5.97 Å². The molecule has 0 spiro atoms. The van der Waals surface area contributed by atoms with Gasteiger partial charge in [-0.1, -0.05) is 12.1 Å². The maximum Gasteiger partial charge on any atom is 0.309 e. The Morgan fingerprint density at radius 1 is 1.45 bits per heavy atom. The van der Waals surface area contributed by atoms with Gasteiger partial charge in [-0.25, -0.2) is 4.39 Å². The van der Waals surface area contributed by atoms with Crippen molar-refractivity contribution in [3.8, 4) is 0 Å². The van der Waals surface area contributed by atoms with Crippen molar-refractivity contribution in [3.05, 3.63) is 53.1 Å². The number of nitrogens with zero attached hydrogens (tertiary/aromatic N) is 1. The third-order valence-electron chi connectivity index (χ3n) is 3.44. The maximum atomic E-state index is 13.3. The molecule has 0 amide bonds. The molecule has 106 valence electrons. The maximum absolute atomic E-state index is 13.3. The van der Waals surface area contributed by atoms with Crippen molar-refractivity contribution in [1.29, 1.82) is 0 Å². The second-order valence-electron chi connectivity index (χ2n) is 4.87. The molecule has 0 atom stereocenters. The predicted octanol–water partition coefficient (Wildman–Crippen LogP) is 3.56. The molecule has 1 aromatic carbocycles. The number of allylic oxidation sites excluding steroid dienone is 2. The summed E-state index contributed by atoms with van der Waals surface area (Å²) in [6.45, 7) is 4.43. The van der Waals surface area contributed by atoms with Gasteiger partial charge in [0.2, 0.25) is 0 Å². The molecular weight excluding hydrogens is 257 g/mol. The molecule has 1 heterocycles. The highest BCUT2D eigenvalue weighted by atomic mass is 19.1. The summed E-state index contributed by atoms with van der Waals surface area (Å²) in [5.41, 5.74) is 3.48. The molecule has 0 unspecified atom stereocenters. The van der Waals surface area contributed by atoms with Crippen LogP contribution in [0.5, 0.6) is 0 Å². The van der Waals surface area contributed by atoms with Gasteiger partial charge in [-0.2, -0.15) is 0 Å². The van der Waals surface area contributed by atoms with E-state index in [1.165, 1.54) is 6.07 Å². The van der Waals surface area contributed by atoms with E-state index >= 15 is 0 Å². The van der Waals surface area contributed by atoms with Crippen LogP contribution in [0.15, 0.2) is 36.2 Å². The Bertz CT molecular complexity index is 590. The Morgan fingerprint density at radius 2 is 2.20 bits per heavy atom. The minimum Gasteiger partial charge on any atom is -0.481 e. The van der Waals surface area contributed by atoms with E-state index in [-0.39, 0.29) is 12.2 Å². The number of aliphatic carboxylic acids is 1. The first-order valence-corrected chi connectivity index (χ1v) is 6.66. The fourth-order valence-electron chi connectivity index (χ4n) is 2.33. The quantitative estimate of drug-likeness (QED) is 0.913. The van der Waals surface area contributed by atoms with Crippen LogP contribution in [0.4, 0.5) is 4.39 Å². The smallest absolute Gasteiger partial charge is 0.309 e. The van der Waals surface area contributed by atoms with Crippen LogP contribution in [0.3, 0.4) is 0 Å². The molecule has 0 aliphatic carbocycles. The number of hydrogen-bond donors (Lipinski definition) is 1. The summed E-state index contributed by atoms with van der Waals surface area (Å²) >= 11 is 0. The summed E-state index contributed by atoms with van der Waals surface area (Å²) in [5, 5.41) is 8.90. The number of carboxylic acids is 1. The van der Waals surface area contributed by atoms with Gasteiger partial charge in [-0.3, -0.25) is 4.79 Å². The molecule has 1 aliphatic heterocycles. The highest BCUT2D eigenvalue weighted by molar-refractivity contribution is 5.72. The van der Waals surface area contributed by atoms with Crippen LogP contribution in [0.2, 0.25) is 0 Å². The molecule has 0 radical (unpaired) electrons. The van der Waals surface area contributed by atoms with Crippen LogP contribution in [0, 0.1) is 12.7 Å². The van der Waals surface area contributed by atoms with Crippen molar-refractivity contribution >= 4 is 11.5 Å². The summed E-state index contributed by atoms with van der Waals surface area (Å²) in [4.78, 5) is 12.8. The lowest BCUT2D eigenvalue weighted by Gasteiger charge is -2.27. The third kappa shape index (κ3) is 3.07. The van der Waals surface area contributed by atoms with E-state index in [1.54, 1.807) is 13.0 Å². The molecule has 0 fully saturated rings. The summed E-state index contributed by atoms with van der Waals surface area (Å²) < 4.78 is 13.3. The summed E-state index contributed by atoms with van der Waals surface area (Å²) in [7, 11) is 0. The Balaban J connectivity index is 2.25. The number of carbonyl (C=O) groups is 1. The van der Waals surface area contributed by atoms with Gasteiger partial charge >= 0.3 is 5.97 Å². The Morgan fingerprint density at radius 3 is 2.80 bits per heavy atom. The van der Waals surface area contributed by atoms with Crippen molar-refractivity contribution < 1.29 is 14.3 Å². The lowest BCUT2D eigenvalue weighted by atomic mass is 9.98. The first-order valence-electron chi connectivity index (χ1n) is 6.66. The van der Waals surface area contributed by atoms with E-state index in [9.17, 15) is 9.18 Å². The molecule has 1 aromatic rings. The van der Waals surface area contributed by atoms with Crippen LogP contribution < -0.4 is 0 Å². The van der Waals surface area contributed by atoms with Gasteiger partial charge in [0.05, 0.1) is 6.42 Å². The molecule has 3 nitrogen and oxygen atoms in total. The van der Waals surface area contributed by atoms with E-state index in [1.807, 2.05) is 30.2 Å². The summed E-state index contributed by atoms with van der Waals surface area (Å²) in [6.07, 6.45) is 4.60. The second kappa shape index (κ2) is 5.90. The second-order valence-corrected chi connectivity index (χ2v) is 4.87. The highest BCUT2D eigenvalue weighted by Crippen LogP contribution is 2.28. The lowest BCUT2D eigenvalue weighted by Crippen LogP contribution is -2.21. The van der Waals surface area contributed by atoms with Crippen LogP contribution in [-0.4, -0.2) is 22.5 Å². The molecular formula is C16H18FNO2. The first kappa shape index (κ1) is 14.3. The molecule has 0 bridgehead atoms. The van der Waals surface area contributed by atoms with Crippen molar-refractivity contribution in [1.82, 2.24) is 4.90 Å². The zero-order chi connectivity index (χ0) is 14.7. The fraction of sp³-hybridized carbons (Fsp3) is 0.312. The molecule has 2 rings (SSSR count). The van der Waals surface area contributed by atoms with Gasteiger partial charge in [0.15, 0.2) is 0 Å². The molecule has 0 saturated heterocycles. The summed E-state index contributed by atoms with van der Waals surface area (Å²) in [5.74, 6) is -1.04. The predicted molar refractivity (Wildman–Crippen MR) is 76.4 cm³/mol. The summed E-state index contributed by atoms with van der Waals surface area (Å²) in [6, 6.07) is 5.06. The fourth-order valence-corrected chi connectivity index (χ4v) is 2.33. The Labute approximate surface area is 118 Å². The molecule has 1 aliphatic rings. The largest absolute Gasteiger partial charge is 0.481 e. The normalized spacial score (nSPS) is 14.8. The topological polar surface area (TPSA) is 40.5 Å². The number of carboxylic acid groups (broad SMARTS) is 1. The van der Waals surface area contributed by atoms with Gasteiger partial charge < -0.3 is 10.0 Å². The minimum absolute atomic E-state index is 0.0278. The van der Waals surface area contributed by atoms with Crippen molar-refractivity contribution in [2.24, 2.45) is 0 Å². The Hall–Kier alpha value is -2.10.